The smallest absolute Gasteiger partial charge is 0.264 e. The van der Waals surface area contributed by atoms with E-state index in [0.717, 1.165) is 11.1 Å². The van der Waals surface area contributed by atoms with Crippen LogP contribution in [0.5, 0.6) is 0 Å². The van der Waals surface area contributed by atoms with Crippen molar-refractivity contribution in [3.8, 4) is 22.8 Å². The molecule has 310 valence electrons. The monoisotopic (exact) mass is 837 g/mol. The number of nitrogens with one attached hydrogen (secondary N) is 2. The van der Waals surface area contributed by atoms with Gasteiger partial charge in [-0.15, -0.1) is 22.7 Å². The van der Waals surface area contributed by atoms with Crippen LogP contribution in [-0.4, -0.2) is 87.0 Å². The van der Waals surface area contributed by atoms with Gasteiger partial charge in [0.05, 0.1) is 39.4 Å². The molecule has 4 amide bonds. The average Bonchev–Trinajstić information content (AvgIpc) is 4.02. The number of benzene rings is 2. The van der Waals surface area contributed by atoms with Gasteiger partial charge in [-0.05, 0) is 126 Å². The second-order valence-electron chi connectivity index (χ2n) is 17.0. The van der Waals surface area contributed by atoms with Crippen LogP contribution in [0.4, 0.5) is 11.4 Å². The van der Waals surface area contributed by atoms with Crippen LogP contribution >= 0.6 is 22.7 Å². The van der Waals surface area contributed by atoms with E-state index in [1.807, 2.05) is 113 Å². The minimum atomic E-state index is -0.365. The number of likely N-dealkylation sites (tertiary alicyclic amines) is 2. The standard InChI is InChI=1S/C45H51N5O7S2/c1-44(2,3)56-34-21-32(49(26-34)42(53)37-9-7-19-58-37)23-39(51)47-30-15-11-28(12-16-30)36-25-46-41(55-36)29-13-17-31(18-14-29)48-40(52)24-33-22-35(57-45(4,5)6)27-50(33)43(54)38-10-8-20-59-38/h7-20,25,32-35H,21-24,26-27H2,1-6H3,(H,47,51)(H,48,52)/t32-,33-,34+,35+/m0/s1. The molecule has 14 heteroatoms. The lowest BCUT2D eigenvalue weighted by molar-refractivity contribution is -0.117. The van der Waals surface area contributed by atoms with Crippen molar-refractivity contribution in [2.45, 2.75) is 103 Å². The molecule has 7 rings (SSSR count). The first-order valence-electron chi connectivity index (χ1n) is 19.9. The maximum Gasteiger partial charge on any atom is 0.264 e. The third kappa shape index (κ3) is 10.9. The van der Waals surface area contributed by atoms with Crippen LogP contribution in [0.2, 0.25) is 0 Å². The first kappa shape index (κ1) is 42.0. The summed E-state index contributed by atoms with van der Waals surface area (Å²) in [7, 11) is 0. The van der Waals surface area contributed by atoms with Gasteiger partial charge in [-0.1, -0.05) is 12.1 Å². The van der Waals surface area contributed by atoms with Gasteiger partial charge < -0.3 is 34.3 Å². The summed E-state index contributed by atoms with van der Waals surface area (Å²) in [5, 5.41) is 9.71. The highest BCUT2D eigenvalue weighted by Gasteiger charge is 2.40. The average molecular weight is 838 g/mol. The van der Waals surface area contributed by atoms with Crippen LogP contribution in [0.25, 0.3) is 22.8 Å². The maximum absolute atomic E-state index is 13.3. The van der Waals surface area contributed by atoms with Crippen molar-refractivity contribution in [1.82, 2.24) is 14.8 Å². The second-order valence-corrected chi connectivity index (χ2v) is 18.9. The lowest BCUT2D eigenvalue weighted by atomic mass is 10.1. The summed E-state index contributed by atoms with van der Waals surface area (Å²) in [6, 6.07) is 21.3. The van der Waals surface area contributed by atoms with Crippen LogP contribution < -0.4 is 10.6 Å². The van der Waals surface area contributed by atoms with E-state index in [-0.39, 0.29) is 72.0 Å². The number of anilines is 2. The molecule has 0 aliphatic carbocycles. The molecule has 0 bridgehead atoms. The van der Waals surface area contributed by atoms with E-state index < -0.39 is 0 Å². The van der Waals surface area contributed by atoms with Crippen molar-refractivity contribution >= 4 is 57.7 Å². The number of amides is 4. The van der Waals surface area contributed by atoms with Gasteiger partial charge in [0.15, 0.2) is 5.76 Å². The normalized spacial score (nSPS) is 19.6. The summed E-state index contributed by atoms with van der Waals surface area (Å²) in [6.45, 7) is 12.8. The number of oxazole rings is 1. The predicted octanol–water partition coefficient (Wildman–Crippen LogP) is 8.99. The number of aromatic nitrogens is 1. The number of ether oxygens (including phenoxy) is 2. The quantitative estimate of drug-likeness (QED) is 0.127. The Balaban J connectivity index is 0.929. The molecule has 0 saturated carbocycles. The van der Waals surface area contributed by atoms with Crippen molar-refractivity contribution in [3.63, 3.8) is 0 Å². The van der Waals surface area contributed by atoms with Gasteiger partial charge in [0, 0.05) is 60.5 Å². The zero-order valence-corrected chi connectivity index (χ0v) is 35.9. The minimum absolute atomic E-state index is 0.0798. The van der Waals surface area contributed by atoms with Crippen molar-refractivity contribution < 1.29 is 33.1 Å². The Hall–Kier alpha value is -5.15. The molecule has 2 aliphatic heterocycles. The van der Waals surface area contributed by atoms with Gasteiger partial charge in [0.25, 0.3) is 11.8 Å². The van der Waals surface area contributed by atoms with Gasteiger partial charge in [0.2, 0.25) is 17.7 Å². The zero-order chi connectivity index (χ0) is 41.9. The molecular weight excluding hydrogens is 787 g/mol. The summed E-state index contributed by atoms with van der Waals surface area (Å²) < 4.78 is 18.5. The molecule has 0 spiro atoms. The van der Waals surface area contributed by atoms with Gasteiger partial charge in [-0.3, -0.25) is 19.2 Å². The fourth-order valence-electron chi connectivity index (χ4n) is 7.69. The van der Waals surface area contributed by atoms with Crippen LogP contribution in [0.15, 0.2) is 94.2 Å². The van der Waals surface area contributed by atoms with Crippen molar-refractivity contribution in [2.24, 2.45) is 0 Å². The number of hydrogen-bond donors (Lipinski definition) is 2. The highest BCUT2D eigenvalue weighted by atomic mass is 32.1. The number of hydrogen-bond acceptors (Lipinski definition) is 10. The third-order valence-electron chi connectivity index (χ3n) is 9.99. The SMILES string of the molecule is CC(C)(C)O[C@@H]1C[C@@H](CC(=O)Nc2ccc(-c3cnc(-c4ccc(NC(=O)C[C@@H]5C[C@@H](OC(C)(C)C)CN5C(=O)c5cccs5)cc4)o3)cc2)N(C(=O)c2cccs2)C1. The molecule has 3 aromatic heterocycles. The molecule has 0 unspecified atom stereocenters. The highest BCUT2D eigenvalue weighted by Crippen LogP contribution is 2.32. The van der Waals surface area contributed by atoms with Crippen LogP contribution in [0.1, 0.15) is 86.6 Å². The van der Waals surface area contributed by atoms with E-state index >= 15 is 0 Å². The number of carbonyl (C=O) groups is 4. The Morgan fingerprint density at radius 1 is 0.678 bits per heavy atom. The Morgan fingerprint density at radius 3 is 1.53 bits per heavy atom. The Labute approximate surface area is 352 Å². The topological polar surface area (TPSA) is 143 Å². The van der Waals surface area contributed by atoms with Crippen LogP contribution in [0, 0.1) is 0 Å². The number of nitrogens with zero attached hydrogens (tertiary/aromatic N) is 3. The molecule has 4 atom stereocenters. The van der Waals surface area contributed by atoms with Crippen LogP contribution in [0.3, 0.4) is 0 Å². The third-order valence-corrected chi connectivity index (χ3v) is 11.7. The molecule has 5 heterocycles. The van der Waals surface area contributed by atoms with E-state index in [1.165, 1.54) is 22.7 Å². The maximum atomic E-state index is 13.3. The molecule has 2 N–H and O–H groups in total. The molecule has 2 fully saturated rings. The summed E-state index contributed by atoms with van der Waals surface area (Å²) in [5.41, 5.74) is 2.03. The fourth-order valence-corrected chi connectivity index (χ4v) is 9.05. The molecule has 2 aliphatic rings. The van der Waals surface area contributed by atoms with E-state index in [2.05, 4.69) is 15.6 Å². The van der Waals surface area contributed by atoms with Gasteiger partial charge >= 0.3 is 0 Å². The van der Waals surface area contributed by atoms with E-state index in [9.17, 15) is 19.2 Å². The van der Waals surface area contributed by atoms with Gasteiger partial charge in [0.1, 0.15) is 0 Å². The van der Waals surface area contributed by atoms with Gasteiger partial charge in [-0.2, -0.15) is 0 Å². The molecule has 0 radical (unpaired) electrons. The highest BCUT2D eigenvalue weighted by molar-refractivity contribution is 7.12. The first-order chi connectivity index (χ1) is 28.1. The molecular formula is C45H51N5O7S2. The number of carbonyl (C=O) groups excluding carboxylic acids is 4. The molecule has 2 saturated heterocycles. The van der Waals surface area contributed by atoms with E-state index in [1.54, 1.807) is 28.1 Å². The number of thiophene rings is 2. The Morgan fingerprint density at radius 2 is 1.12 bits per heavy atom. The molecule has 2 aromatic carbocycles. The lowest BCUT2D eigenvalue weighted by Crippen LogP contribution is -2.38. The summed E-state index contributed by atoms with van der Waals surface area (Å²) in [6.07, 6.45) is 2.81. The molecule has 59 heavy (non-hydrogen) atoms. The lowest BCUT2D eigenvalue weighted by Gasteiger charge is -2.25. The van der Waals surface area contributed by atoms with E-state index in [4.69, 9.17) is 13.9 Å². The second kappa shape index (κ2) is 17.6. The molecule has 12 nitrogen and oxygen atoms in total. The van der Waals surface area contributed by atoms with Crippen molar-refractivity contribution in [1.29, 1.82) is 0 Å². The minimum Gasteiger partial charge on any atom is -0.436 e. The summed E-state index contributed by atoms with van der Waals surface area (Å²) >= 11 is 2.79. The molecule has 5 aromatic rings. The first-order valence-corrected chi connectivity index (χ1v) is 21.6. The van der Waals surface area contributed by atoms with E-state index in [0.29, 0.717) is 58.7 Å². The summed E-state index contributed by atoms with van der Waals surface area (Å²) in [5.74, 6) is 0.437. The fraction of sp³-hybridized carbons (Fsp3) is 0.400. The Bertz CT molecular complexity index is 2070. The predicted molar refractivity (Wildman–Crippen MR) is 231 cm³/mol. The summed E-state index contributed by atoms with van der Waals surface area (Å²) in [4.78, 5) is 62.5. The zero-order valence-electron chi connectivity index (χ0n) is 34.2. The van der Waals surface area contributed by atoms with Crippen molar-refractivity contribution in [2.75, 3.05) is 23.7 Å². The number of rotatable bonds is 12. The van der Waals surface area contributed by atoms with Gasteiger partial charge in [-0.25, -0.2) is 4.98 Å². The Kier molecular flexibility index (Phi) is 12.5. The van der Waals surface area contributed by atoms with Crippen LogP contribution in [-0.2, 0) is 19.1 Å². The van der Waals surface area contributed by atoms with Crippen molar-refractivity contribution in [3.05, 3.63) is 99.5 Å². The largest absolute Gasteiger partial charge is 0.436 e.